The largest absolute Gasteiger partial charge is 0.462 e. The highest BCUT2D eigenvalue weighted by Gasteiger charge is 2.64. The molecule has 0 aromatic carbocycles. The van der Waals surface area contributed by atoms with Gasteiger partial charge in [-0.15, -0.1) is 0 Å². The highest BCUT2D eigenvalue weighted by atomic mass is 16.6. The molecule has 0 aromatic rings. The van der Waals surface area contributed by atoms with Crippen LogP contribution in [0.1, 0.15) is 45.4 Å². The van der Waals surface area contributed by atoms with Gasteiger partial charge in [0.1, 0.15) is 6.10 Å². The van der Waals surface area contributed by atoms with Crippen LogP contribution in [-0.4, -0.2) is 49.1 Å². The fourth-order valence-electron chi connectivity index (χ4n) is 5.65. The molecule has 2 N–H and O–H groups in total. The number of rotatable bonds is 5. The fourth-order valence-corrected chi connectivity index (χ4v) is 5.65. The lowest BCUT2D eigenvalue weighted by Crippen LogP contribution is -2.51. The van der Waals surface area contributed by atoms with Crippen molar-refractivity contribution in [3.63, 3.8) is 0 Å². The van der Waals surface area contributed by atoms with E-state index in [1.54, 1.807) is 0 Å². The van der Waals surface area contributed by atoms with E-state index in [-0.39, 0.29) is 35.6 Å². The number of carbonyl (C=O) groups is 1. The van der Waals surface area contributed by atoms with Gasteiger partial charge in [0, 0.05) is 19.1 Å². The van der Waals surface area contributed by atoms with Crippen LogP contribution in [0.25, 0.3) is 0 Å². The average molecular weight is 323 g/mol. The Morgan fingerprint density at radius 3 is 2.96 bits per heavy atom. The van der Waals surface area contributed by atoms with Gasteiger partial charge in [-0.1, -0.05) is 6.92 Å². The average Bonchev–Trinajstić information content (AvgIpc) is 3.21. The van der Waals surface area contributed by atoms with Gasteiger partial charge in [-0.25, -0.2) is 0 Å². The lowest BCUT2D eigenvalue weighted by Gasteiger charge is -2.51. The number of carbonyl (C=O) groups excluding carboxylic acids is 1. The molecule has 2 saturated heterocycles. The van der Waals surface area contributed by atoms with Crippen molar-refractivity contribution in [2.24, 2.45) is 23.2 Å². The SMILES string of the molecule is C[C@]12CCC[C@]3(CO3)[C@@H]1C[C@@H]1C(CNCCCO)C(=O)O[C@@H]1C2. The monoisotopic (exact) mass is 323 g/mol. The summed E-state index contributed by atoms with van der Waals surface area (Å²) in [7, 11) is 0. The number of aliphatic hydroxyl groups is 1. The van der Waals surface area contributed by atoms with Gasteiger partial charge in [-0.2, -0.15) is 0 Å². The molecule has 0 bridgehead atoms. The molecule has 4 aliphatic rings. The van der Waals surface area contributed by atoms with Gasteiger partial charge in [0.2, 0.25) is 0 Å². The first-order valence-electron chi connectivity index (χ1n) is 9.24. The lowest BCUT2D eigenvalue weighted by molar-refractivity contribution is -0.147. The Labute approximate surface area is 138 Å². The molecule has 2 aliphatic carbocycles. The van der Waals surface area contributed by atoms with E-state index < -0.39 is 0 Å². The zero-order chi connectivity index (χ0) is 16.1. The summed E-state index contributed by atoms with van der Waals surface area (Å²) in [4.78, 5) is 12.3. The molecule has 5 heteroatoms. The van der Waals surface area contributed by atoms with Crippen LogP contribution in [0, 0.1) is 23.2 Å². The van der Waals surface area contributed by atoms with Gasteiger partial charge in [-0.3, -0.25) is 4.79 Å². The van der Waals surface area contributed by atoms with E-state index in [2.05, 4.69) is 12.2 Å². The topological polar surface area (TPSA) is 71.1 Å². The first-order chi connectivity index (χ1) is 11.1. The molecule has 2 aliphatic heterocycles. The summed E-state index contributed by atoms with van der Waals surface area (Å²) in [6.45, 7) is 4.92. The second kappa shape index (κ2) is 5.71. The van der Waals surface area contributed by atoms with Crippen LogP contribution < -0.4 is 5.32 Å². The first-order valence-corrected chi connectivity index (χ1v) is 9.24. The normalized spacial score (nSPS) is 48.0. The summed E-state index contributed by atoms with van der Waals surface area (Å²) < 4.78 is 11.7. The van der Waals surface area contributed by atoms with E-state index in [1.807, 2.05) is 0 Å². The zero-order valence-corrected chi connectivity index (χ0v) is 14.1. The fraction of sp³-hybridized carbons (Fsp3) is 0.944. The second-order valence-corrected chi connectivity index (χ2v) is 8.38. The molecular formula is C18H29NO4. The van der Waals surface area contributed by atoms with Crippen LogP contribution in [0.4, 0.5) is 0 Å². The predicted molar refractivity (Wildman–Crippen MR) is 84.8 cm³/mol. The van der Waals surface area contributed by atoms with Gasteiger partial charge < -0.3 is 19.9 Å². The maximum absolute atomic E-state index is 12.3. The van der Waals surface area contributed by atoms with E-state index in [0.29, 0.717) is 18.4 Å². The molecule has 0 radical (unpaired) electrons. The Bertz CT molecular complexity index is 478. The third kappa shape index (κ3) is 2.61. The number of epoxide rings is 1. The van der Waals surface area contributed by atoms with Crippen molar-refractivity contribution >= 4 is 5.97 Å². The number of hydrogen-bond donors (Lipinski definition) is 2. The van der Waals surface area contributed by atoms with E-state index in [4.69, 9.17) is 14.6 Å². The Hall–Kier alpha value is -0.650. The molecule has 0 aromatic heterocycles. The Morgan fingerprint density at radius 1 is 1.39 bits per heavy atom. The van der Waals surface area contributed by atoms with Crippen LogP contribution >= 0.6 is 0 Å². The van der Waals surface area contributed by atoms with Crippen LogP contribution in [0.5, 0.6) is 0 Å². The number of fused-ring (bicyclic) bond motifs is 3. The molecular weight excluding hydrogens is 294 g/mol. The molecule has 4 rings (SSSR count). The Kier molecular flexibility index (Phi) is 3.94. The van der Waals surface area contributed by atoms with Crippen LogP contribution in [0.3, 0.4) is 0 Å². The summed E-state index contributed by atoms with van der Waals surface area (Å²) in [5.74, 6) is 0.867. The zero-order valence-electron chi connectivity index (χ0n) is 14.1. The predicted octanol–water partition coefficient (Wildman–Crippen LogP) is 1.49. The smallest absolute Gasteiger partial charge is 0.310 e. The quantitative estimate of drug-likeness (QED) is 0.456. The number of esters is 1. The molecule has 1 spiro atoms. The van der Waals surface area contributed by atoms with E-state index in [9.17, 15) is 4.79 Å². The number of aliphatic hydroxyl groups excluding tert-OH is 1. The minimum absolute atomic E-state index is 0.0236. The molecule has 0 amide bonds. The second-order valence-electron chi connectivity index (χ2n) is 8.38. The summed E-state index contributed by atoms with van der Waals surface area (Å²) >= 11 is 0. The van der Waals surface area contributed by atoms with E-state index in [1.165, 1.54) is 19.3 Å². The molecule has 4 fully saturated rings. The molecule has 2 saturated carbocycles. The number of hydrogen-bond acceptors (Lipinski definition) is 5. The molecule has 2 heterocycles. The van der Waals surface area contributed by atoms with Gasteiger partial charge in [0.15, 0.2) is 0 Å². The maximum atomic E-state index is 12.3. The summed E-state index contributed by atoms with van der Waals surface area (Å²) in [6.07, 6.45) is 6.58. The summed E-state index contributed by atoms with van der Waals surface area (Å²) in [5, 5.41) is 12.2. The standard InChI is InChI=1S/C18H29NO4/c1-17-4-2-5-18(11-22-18)15(17)8-12-13(10-19-6-3-7-20)16(21)23-14(12)9-17/h12-15,19-20H,2-11H2,1H3/t12-,13?,14-,15-,17-,18+/m1/s1. The Morgan fingerprint density at radius 2 is 2.22 bits per heavy atom. The molecule has 6 atom stereocenters. The highest BCUT2D eigenvalue weighted by Crippen LogP contribution is 2.62. The maximum Gasteiger partial charge on any atom is 0.310 e. The van der Waals surface area contributed by atoms with Crippen LogP contribution in [0.15, 0.2) is 0 Å². The Balaban J connectivity index is 1.47. The molecule has 130 valence electrons. The molecule has 5 nitrogen and oxygen atoms in total. The molecule has 23 heavy (non-hydrogen) atoms. The van der Waals surface area contributed by atoms with Gasteiger partial charge >= 0.3 is 5.97 Å². The van der Waals surface area contributed by atoms with E-state index in [0.717, 1.165) is 32.4 Å². The summed E-state index contributed by atoms with van der Waals surface area (Å²) in [5.41, 5.74) is 0.397. The van der Waals surface area contributed by atoms with Crippen molar-refractivity contribution in [3.05, 3.63) is 0 Å². The van der Waals surface area contributed by atoms with Crippen LogP contribution in [0.2, 0.25) is 0 Å². The van der Waals surface area contributed by atoms with Gasteiger partial charge in [0.25, 0.3) is 0 Å². The first kappa shape index (κ1) is 15.9. The van der Waals surface area contributed by atoms with E-state index >= 15 is 0 Å². The van der Waals surface area contributed by atoms with Crippen LogP contribution in [-0.2, 0) is 14.3 Å². The number of ether oxygens (including phenoxy) is 2. The minimum Gasteiger partial charge on any atom is -0.462 e. The minimum atomic E-state index is -0.0269. The third-order valence-electron chi connectivity index (χ3n) is 6.96. The summed E-state index contributed by atoms with van der Waals surface area (Å²) in [6, 6.07) is 0. The van der Waals surface area contributed by atoms with Crippen molar-refractivity contribution in [1.29, 1.82) is 0 Å². The molecule has 1 unspecified atom stereocenters. The van der Waals surface area contributed by atoms with Crippen molar-refractivity contribution in [1.82, 2.24) is 5.32 Å². The lowest BCUT2D eigenvalue weighted by atomic mass is 9.53. The van der Waals surface area contributed by atoms with Gasteiger partial charge in [-0.05, 0) is 56.4 Å². The van der Waals surface area contributed by atoms with Gasteiger partial charge in [0.05, 0.1) is 18.1 Å². The van der Waals surface area contributed by atoms with Crippen molar-refractivity contribution in [2.45, 2.75) is 57.2 Å². The van der Waals surface area contributed by atoms with Crippen molar-refractivity contribution < 1.29 is 19.4 Å². The van der Waals surface area contributed by atoms with Crippen molar-refractivity contribution in [3.8, 4) is 0 Å². The third-order valence-corrected chi connectivity index (χ3v) is 6.96. The van der Waals surface area contributed by atoms with Crippen molar-refractivity contribution in [2.75, 3.05) is 26.3 Å². The number of nitrogens with one attached hydrogen (secondary N) is 1. The highest BCUT2D eigenvalue weighted by molar-refractivity contribution is 5.75.